The standard InChI is InChI=1S/C32H22N8O19S5/c33-27-21(37-36-20-9-7-16-17(32(20)64(57,58)59)11-24(62(51,52)53)28(30(16)41)38-34-14-4-2-1-3-5-14)13-22(60(45,46)47)18-12-25(63(54,55)56)29(31(42)26(18)27)39-35-19-8-6-15(40(43)44)10-23(19)61(48,49)50/h1-13,41-42H,33H2,(H,45,46,47)(H,48,49,50)(H,51,52,53)(H,54,55,56)(H,57,58,59). The summed E-state index contributed by atoms with van der Waals surface area (Å²) in [5.41, 5.74) is -0.413. The van der Waals surface area contributed by atoms with Crippen molar-refractivity contribution in [2.24, 2.45) is 30.7 Å². The Morgan fingerprint density at radius 2 is 0.984 bits per heavy atom. The van der Waals surface area contributed by atoms with Gasteiger partial charge in [-0.1, -0.05) is 18.2 Å². The van der Waals surface area contributed by atoms with Crippen LogP contribution in [0.5, 0.6) is 11.5 Å². The monoisotopic (exact) mass is 982 g/mol. The lowest BCUT2D eigenvalue weighted by atomic mass is 10.0. The van der Waals surface area contributed by atoms with Crippen LogP contribution in [0.2, 0.25) is 0 Å². The summed E-state index contributed by atoms with van der Waals surface area (Å²) < 4.78 is 175. The number of hydrogen-bond acceptors (Lipinski definition) is 21. The lowest BCUT2D eigenvalue weighted by molar-refractivity contribution is -0.385. The number of benzene rings is 6. The zero-order valence-electron chi connectivity index (χ0n) is 30.8. The summed E-state index contributed by atoms with van der Waals surface area (Å²) in [4.78, 5) is 3.57. The van der Waals surface area contributed by atoms with Crippen LogP contribution in [0.25, 0.3) is 21.5 Å². The Kier molecular flexibility index (Phi) is 11.8. The fourth-order valence-corrected chi connectivity index (χ4v) is 9.30. The van der Waals surface area contributed by atoms with Crippen molar-refractivity contribution < 1.29 is 80.0 Å². The number of nitrogens with zero attached hydrogens (tertiary/aromatic N) is 7. The number of fused-ring (bicyclic) bond motifs is 2. The van der Waals surface area contributed by atoms with Crippen LogP contribution < -0.4 is 5.73 Å². The van der Waals surface area contributed by atoms with Crippen molar-refractivity contribution in [2.75, 3.05) is 5.73 Å². The normalized spacial score (nSPS) is 13.2. The molecule has 0 amide bonds. The second-order valence-electron chi connectivity index (χ2n) is 12.6. The maximum Gasteiger partial charge on any atom is 0.297 e. The number of aromatic hydroxyl groups is 2. The van der Waals surface area contributed by atoms with Crippen molar-refractivity contribution in [1.82, 2.24) is 0 Å². The van der Waals surface area contributed by atoms with E-state index in [4.69, 9.17) is 5.73 Å². The van der Waals surface area contributed by atoms with E-state index in [1.54, 1.807) is 6.07 Å². The highest BCUT2D eigenvalue weighted by molar-refractivity contribution is 7.87. The van der Waals surface area contributed by atoms with Gasteiger partial charge in [0.05, 0.1) is 21.7 Å². The molecule has 0 aliphatic carbocycles. The molecule has 0 aliphatic rings. The minimum atomic E-state index is -5.60. The summed E-state index contributed by atoms with van der Waals surface area (Å²) in [5, 5.41) is 52.0. The average molecular weight is 983 g/mol. The summed E-state index contributed by atoms with van der Waals surface area (Å²) in [6, 6.07) is 12.0. The number of azo groups is 3. The number of nitrogens with two attached hydrogens (primary N) is 1. The van der Waals surface area contributed by atoms with Gasteiger partial charge in [0, 0.05) is 28.3 Å². The fraction of sp³-hybridized carbons (Fsp3) is 0. The Labute approximate surface area is 357 Å². The van der Waals surface area contributed by atoms with Gasteiger partial charge in [-0.15, -0.1) is 25.6 Å². The number of nitrogen functional groups attached to an aromatic ring is 1. The van der Waals surface area contributed by atoms with E-state index in [-0.39, 0.29) is 5.69 Å². The Bertz CT molecular complexity index is 3700. The molecule has 0 heterocycles. The SMILES string of the molecule is Nc1c(N=Nc2ccc3c(O)c(N=Nc4ccccc4)c(S(=O)(=O)O)cc3c2S(=O)(=O)O)cc(S(=O)(=O)O)c2cc(S(=O)(=O)O)c(N=Nc3ccc([N+](=O)[O-])cc3S(=O)(=O)O)c(O)c12. The van der Waals surface area contributed by atoms with Crippen molar-refractivity contribution in [3.8, 4) is 11.5 Å². The number of rotatable bonds is 12. The van der Waals surface area contributed by atoms with Crippen LogP contribution in [0, 0.1) is 10.1 Å². The molecule has 0 unspecified atom stereocenters. The number of hydrogen-bond donors (Lipinski definition) is 8. The maximum atomic E-state index is 12.8. The molecule has 334 valence electrons. The Morgan fingerprint density at radius 1 is 0.484 bits per heavy atom. The van der Waals surface area contributed by atoms with Crippen LogP contribution >= 0.6 is 0 Å². The molecule has 32 heteroatoms. The summed E-state index contributed by atoms with van der Waals surface area (Å²) in [7, 11) is -27.4. The zero-order valence-corrected chi connectivity index (χ0v) is 34.9. The molecule has 0 radical (unpaired) electrons. The molecule has 9 N–H and O–H groups in total. The highest BCUT2D eigenvalue weighted by Crippen LogP contribution is 2.50. The first-order valence-electron chi connectivity index (χ1n) is 16.4. The van der Waals surface area contributed by atoms with Gasteiger partial charge in [-0.05, 0) is 48.5 Å². The highest BCUT2D eigenvalue weighted by Gasteiger charge is 2.31. The van der Waals surface area contributed by atoms with Crippen molar-refractivity contribution in [3.05, 3.63) is 89.0 Å². The minimum absolute atomic E-state index is 0.145. The first kappa shape index (κ1) is 46.5. The van der Waals surface area contributed by atoms with Crippen LogP contribution in [-0.2, 0) is 50.6 Å². The van der Waals surface area contributed by atoms with Gasteiger partial charge in [0.1, 0.15) is 52.9 Å². The van der Waals surface area contributed by atoms with E-state index in [9.17, 15) is 85.2 Å². The van der Waals surface area contributed by atoms with Gasteiger partial charge in [0.15, 0.2) is 11.5 Å². The quantitative estimate of drug-likeness (QED) is 0.0217. The van der Waals surface area contributed by atoms with E-state index in [1.807, 2.05) is 0 Å². The molecule has 0 atom stereocenters. The molecule has 0 bridgehead atoms. The molecule has 0 aliphatic heterocycles. The third kappa shape index (κ3) is 9.20. The number of anilines is 1. The van der Waals surface area contributed by atoms with Gasteiger partial charge < -0.3 is 15.9 Å². The molecule has 0 spiro atoms. The van der Waals surface area contributed by atoms with E-state index < -0.39 is 153 Å². The van der Waals surface area contributed by atoms with Crippen LogP contribution in [0.1, 0.15) is 0 Å². The van der Waals surface area contributed by atoms with E-state index in [2.05, 4.69) is 30.7 Å². The third-order valence-electron chi connectivity index (χ3n) is 8.55. The molecular formula is C32H22N8O19S5. The number of nitro groups is 1. The molecule has 27 nitrogen and oxygen atoms in total. The van der Waals surface area contributed by atoms with Crippen molar-refractivity contribution in [3.63, 3.8) is 0 Å². The lowest BCUT2D eigenvalue weighted by Crippen LogP contribution is -2.04. The number of non-ortho nitro benzene ring substituents is 1. The summed E-state index contributed by atoms with van der Waals surface area (Å²) >= 11 is 0. The van der Waals surface area contributed by atoms with Gasteiger partial charge in [-0.2, -0.15) is 47.2 Å². The van der Waals surface area contributed by atoms with Crippen LogP contribution in [0.15, 0.2) is 134 Å². The molecule has 64 heavy (non-hydrogen) atoms. The van der Waals surface area contributed by atoms with Crippen molar-refractivity contribution in [1.29, 1.82) is 0 Å². The van der Waals surface area contributed by atoms with E-state index in [0.29, 0.717) is 36.4 Å². The Balaban J connectivity index is 1.61. The van der Waals surface area contributed by atoms with E-state index >= 15 is 0 Å². The summed E-state index contributed by atoms with van der Waals surface area (Å²) in [6.07, 6.45) is 0. The van der Waals surface area contributed by atoms with E-state index in [1.165, 1.54) is 24.3 Å². The molecule has 0 aromatic heterocycles. The first-order valence-corrected chi connectivity index (χ1v) is 23.6. The second-order valence-corrected chi connectivity index (χ2v) is 19.5. The van der Waals surface area contributed by atoms with Gasteiger partial charge in [-0.25, -0.2) is 0 Å². The van der Waals surface area contributed by atoms with Gasteiger partial charge in [0.2, 0.25) is 0 Å². The van der Waals surface area contributed by atoms with E-state index in [0.717, 1.165) is 12.1 Å². The molecule has 6 aromatic rings. The largest absolute Gasteiger partial charge is 0.505 e. The minimum Gasteiger partial charge on any atom is -0.505 e. The molecular weight excluding hydrogens is 961 g/mol. The smallest absolute Gasteiger partial charge is 0.297 e. The number of phenols is 2. The second kappa shape index (κ2) is 16.3. The number of phenolic OH excluding ortho intramolecular Hbond substituents is 2. The highest BCUT2D eigenvalue weighted by atomic mass is 32.2. The first-order chi connectivity index (χ1) is 29.5. The molecule has 0 saturated carbocycles. The van der Waals surface area contributed by atoms with Crippen LogP contribution in [-0.4, -0.2) is 80.0 Å². The fourth-order valence-electron chi connectivity index (χ4n) is 5.84. The summed E-state index contributed by atoms with van der Waals surface area (Å²) in [5.74, 6) is -2.58. The molecule has 0 fully saturated rings. The molecule has 6 rings (SSSR count). The molecule has 0 saturated heterocycles. The topological polar surface area (TPSA) is 456 Å². The third-order valence-corrected chi connectivity index (χ3v) is 13.0. The van der Waals surface area contributed by atoms with Gasteiger partial charge >= 0.3 is 0 Å². The van der Waals surface area contributed by atoms with Crippen molar-refractivity contribution >= 4 is 118 Å². The van der Waals surface area contributed by atoms with Gasteiger partial charge in [0.25, 0.3) is 56.3 Å². The zero-order chi connectivity index (χ0) is 47.5. The van der Waals surface area contributed by atoms with Crippen LogP contribution in [0.4, 0.5) is 45.5 Å². The Hall–Kier alpha value is -7.01. The number of nitro benzene ring substituents is 1. The van der Waals surface area contributed by atoms with Gasteiger partial charge in [-0.3, -0.25) is 32.9 Å². The van der Waals surface area contributed by atoms with Crippen LogP contribution in [0.3, 0.4) is 0 Å². The maximum absolute atomic E-state index is 12.8. The predicted octanol–water partition coefficient (Wildman–Crippen LogP) is 6.37. The predicted molar refractivity (Wildman–Crippen MR) is 217 cm³/mol. The summed E-state index contributed by atoms with van der Waals surface area (Å²) in [6.45, 7) is 0. The average Bonchev–Trinajstić information content (AvgIpc) is 3.17. The molecule has 6 aromatic carbocycles. The lowest BCUT2D eigenvalue weighted by Gasteiger charge is -2.15. The van der Waals surface area contributed by atoms with Crippen molar-refractivity contribution in [2.45, 2.75) is 24.5 Å². The Morgan fingerprint density at radius 3 is 1.53 bits per heavy atom.